The number of hydrogen-bond acceptors (Lipinski definition) is 3. The van der Waals surface area contributed by atoms with Gasteiger partial charge < -0.3 is 4.90 Å². The van der Waals surface area contributed by atoms with Crippen molar-refractivity contribution in [1.82, 2.24) is 0 Å². The summed E-state index contributed by atoms with van der Waals surface area (Å²) < 4.78 is 5.21. The van der Waals surface area contributed by atoms with E-state index in [1.807, 2.05) is 22.7 Å². The summed E-state index contributed by atoms with van der Waals surface area (Å²) in [7, 11) is 0. The molecule has 0 radical (unpaired) electrons. The topological polar surface area (TPSA) is 3.24 Å². The Balaban J connectivity index is 1.18. The summed E-state index contributed by atoms with van der Waals surface area (Å²) in [4.78, 5) is 2.50. The lowest BCUT2D eigenvalue weighted by molar-refractivity contribution is 1.29. The predicted molar refractivity (Wildman–Crippen MR) is 249 cm³/mol. The van der Waals surface area contributed by atoms with Crippen LogP contribution in [0.3, 0.4) is 0 Å². The average Bonchev–Trinajstić information content (AvgIpc) is 3.86. The number of anilines is 3. The van der Waals surface area contributed by atoms with Crippen LogP contribution in [0, 0.1) is 0 Å². The van der Waals surface area contributed by atoms with E-state index in [0.717, 1.165) is 17.1 Å². The SMILES string of the molecule is c1ccc(-c2ccccc2-c2ccccc2-c2ccccc2N(c2ccc3sc4ccccc4c3c2)c2ccccc2-c2cccc3c2sc2ccccc23)cc1. The third-order valence-corrected chi connectivity index (χ3v) is 13.5. The second-order valence-electron chi connectivity index (χ2n) is 14.4. The van der Waals surface area contributed by atoms with E-state index in [1.165, 1.54) is 84.9 Å². The van der Waals surface area contributed by atoms with E-state index < -0.39 is 0 Å². The Morgan fingerprint density at radius 2 is 0.737 bits per heavy atom. The van der Waals surface area contributed by atoms with Crippen LogP contribution in [0.4, 0.5) is 17.1 Å². The zero-order chi connectivity index (χ0) is 37.7. The first-order chi connectivity index (χ1) is 28.3. The fourth-order valence-electron chi connectivity index (χ4n) is 8.55. The molecular weight excluding hydrogens is 727 g/mol. The number of rotatable bonds is 7. The normalized spacial score (nSPS) is 11.5. The third-order valence-electron chi connectivity index (χ3n) is 11.1. The van der Waals surface area contributed by atoms with Crippen LogP contribution in [-0.2, 0) is 0 Å². The van der Waals surface area contributed by atoms with Crippen LogP contribution in [0.2, 0.25) is 0 Å². The van der Waals surface area contributed by atoms with Crippen LogP contribution >= 0.6 is 22.7 Å². The summed E-state index contributed by atoms with van der Waals surface area (Å²) in [6.45, 7) is 0. The van der Waals surface area contributed by atoms with Crippen molar-refractivity contribution >= 4 is 80.1 Å². The van der Waals surface area contributed by atoms with Gasteiger partial charge in [-0.25, -0.2) is 0 Å². The van der Waals surface area contributed by atoms with Crippen molar-refractivity contribution in [2.75, 3.05) is 4.90 Å². The summed E-state index contributed by atoms with van der Waals surface area (Å²) in [5.74, 6) is 0. The minimum absolute atomic E-state index is 1.12. The molecule has 0 amide bonds. The van der Waals surface area contributed by atoms with Gasteiger partial charge in [-0.1, -0.05) is 170 Å². The van der Waals surface area contributed by atoms with Gasteiger partial charge in [-0.2, -0.15) is 0 Å². The molecule has 0 atom stereocenters. The van der Waals surface area contributed by atoms with Gasteiger partial charge in [0.15, 0.2) is 0 Å². The molecule has 2 aromatic heterocycles. The second-order valence-corrected chi connectivity index (χ2v) is 16.5. The molecule has 9 aromatic carbocycles. The molecule has 0 aliphatic rings. The van der Waals surface area contributed by atoms with E-state index in [0.29, 0.717) is 0 Å². The Morgan fingerprint density at radius 1 is 0.281 bits per heavy atom. The molecule has 0 unspecified atom stereocenters. The first-order valence-corrected chi connectivity index (χ1v) is 21.0. The van der Waals surface area contributed by atoms with E-state index in [-0.39, 0.29) is 0 Å². The smallest absolute Gasteiger partial charge is 0.0540 e. The van der Waals surface area contributed by atoms with Crippen LogP contribution < -0.4 is 4.90 Å². The standard InChI is InChI=1S/C54H35NS2/c1-2-17-36(18-3-1)38-19-4-5-20-39(38)40-21-6-7-22-41(40)42-23-8-12-29-49(42)55(37-33-34-53-48(35-37)45-26-11-14-31-51(45)56-53)50-30-13-9-24-43(50)46-27-16-28-47-44-25-10-15-32-52(44)57-54(46)47/h1-35H. The molecule has 3 heteroatoms. The molecule has 0 N–H and O–H groups in total. The van der Waals surface area contributed by atoms with E-state index in [4.69, 9.17) is 0 Å². The van der Waals surface area contributed by atoms with Gasteiger partial charge in [-0.3, -0.25) is 0 Å². The Bertz CT molecular complexity index is 3260. The van der Waals surface area contributed by atoms with Crippen molar-refractivity contribution in [3.05, 3.63) is 212 Å². The summed E-state index contributed by atoms with van der Waals surface area (Å²) in [6, 6.07) is 77.7. The Labute approximate surface area is 340 Å². The largest absolute Gasteiger partial charge is 0.309 e. The van der Waals surface area contributed by atoms with Crippen LogP contribution in [0.1, 0.15) is 0 Å². The van der Waals surface area contributed by atoms with Crippen LogP contribution in [-0.4, -0.2) is 0 Å². The molecule has 11 aromatic rings. The zero-order valence-electron chi connectivity index (χ0n) is 31.0. The van der Waals surface area contributed by atoms with Crippen LogP contribution in [0.15, 0.2) is 212 Å². The van der Waals surface area contributed by atoms with Crippen LogP contribution in [0.25, 0.3) is 84.9 Å². The minimum atomic E-state index is 1.12. The molecule has 11 rings (SSSR count). The third kappa shape index (κ3) is 5.74. The lowest BCUT2D eigenvalue weighted by atomic mass is 9.88. The molecule has 0 saturated heterocycles. The lowest BCUT2D eigenvalue weighted by Gasteiger charge is -2.30. The number of fused-ring (bicyclic) bond motifs is 6. The number of benzene rings is 9. The van der Waals surface area contributed by atoms with Crippen molar-refractivity contribution in [3.63, 3.8) is 0 Å². The minimum Gasteiger partial charge on any atom is -0.309 e. The van der Waals surface area contributed by atoms with Gasteiger partial charge in [0, 0.05) is 62.7 Å². The molecular formula is C54H35NS2. The molecule has 0 bridgehead atoms. The van der Waals surface area contributed by atoms with Gasteiger partial charge in [0.2, 0.25) is 0 Å². The maximum absolute atomic E-state index is 2.50. The van der Waals surface area contributed by atoms with Gasteiger partial charge in [-0.15, -0.1) is 22.7 Å². The molecule has 2 heterocycles. The molecule has 0 fully saturated rings. The first-order valence-electron chi connectivity index (χ1n) is 19.3. The highest BCUT2D eigenvalue weighted by Gasteiger charge is 2.24. The van der Waals surface area contributed by atoms with E-state index in [9.17, 15) is 0 Å². The highest BCUT2D eigenvalue weighted by atomic mass is 32.1. The fourth-order valence-corrected chi connectivity index (χ4v) is 10.9. The maximum Gasteiger partial charge on any atom is 0.0540 e. The van der Waals surface area contributed by atoms with E-state index in [1.54, 1.807) is 0 Å². The highest BCUT2D eigenvalue weighted by molar-refractivity contribution is 7.26. The summed E-state index contributed by atoms with van der Waals surface area (Å²) >= 11 is 3.74. The van der Waals surface area contributed by atoms with Gasteiger partial charge in [0.1, 0.15) is 0 Å². The molecule has 0 saturated carbocycles. The Hall–Kier alpha value is -6.78. The first kappa shape index (κ1) is 33.5. The lowest BCUT2D eigenvalue weighted by Crippen LogP contribution is -2.12. The second kappa shape index (κ2) is 14.1. The van der Waals surface area contributed by atoms with Gasteiger partial charge in [0.25, 0.3) is 0 Å². The molecule has 0 aliphatic heterocycles. The molecule has 0 aliphatic carbocycles. The number of thiophene rings is 2. The predicted octanol–water partition coefficient (Wildman–Crippen LogP) is 16.6. The molecule has 0 spiro atoms. The molecule has 268 valence electrons. The number of nitrogens with zero attached hydrogens (tertiary/aromatic N) is 1. The molecule has 1 nitrogen and oxygen atoms in total. The quantitative estimate of drug-likeness (QED) is 0.156. The fraction of sp³-hybridized carbons (Fsp3) is 0. The van der Waals surface area contributed by atoms with Crippen molar-refractivity contribution in [3.8, 4) is 44.5 Å². The van der Waals surface area contributed by atoms with Crippen molar-refractivity contribution in [2.24, 2.45) is 0 Å². The number of hydrogen-bond donors (Lipinski definition) is 0. The van der Waals surface area contributed by atoms with E-state index >= 15 is 0 Å². The average molecular weight is 762 g/mol. The van der Waals surface area contributed by atoms with Gasteiger partial charge in [-0.05, 0) is 70.3 Å². The molecule has 57 heavy (non-hydrogen) atoms. The van der Waals surface area contributed by atoms with Crippen LogP contribution in [0.5, 0.6) is 0 Å². The Morgan fingerprint density at radius 3 is 1.44 bits per heavy atom. The van der Waals surface area contributed by atoms with Crippen molar-refractivity contribution < 1.29 is 0 Å². The Kier molecular flexibility index (Phi) is 8.28. The zero-order valence-corrected chi connectivity index (χ0v) is 32.6. The van der Waals surface area contributed by atoms with Crippen molar-refractivity contribution in [2.45, 2.75) is 0 Å². The monoisotopic (exact) mass is 761 g/mol. The van der Waals surface area contributed by atoms with E-state index in [2.05, 4.69) is 217 Å². The van der Waals surface area contributed by atoms with Gasteiger partial charge in [0.05, 0.1) is 11.4 Å². The summed E-state index contributed by atoms with van der Waals surface area (Å²) in [5, 5.41) is 5.17. The maximum atomic E-state index is 2.50. The van der Waals surface area contributed by atoms with Gasteiger partial charge >= 0.3 is 0 Å². The summed E-state index contributed by atoms with van der Waals surface area (Å²) in [6.07, 6.45) is 0. The highest BCUT2D eigenvalue weighted by Crippen LogP contribution is 2.50. The number of para-hydroxylation sites is 2. The van der Waals surface area contributed by atoms with Crippen molar-refractivity contribution in [1.29, 1.82) is 0 Å². The summed E-state index contributed by atoms with van der Waals surface area (Å²) in [5.41, 5.74) is 13.0.